The fourth-order valence-corrected chi connectivity index (χ4v) is 2.35. The largest absolute Gasteiger partial charge is 0.354 e. The molecule has 0 atom stereocenters. The van der Waals surface area contributed by atoms with E-state index in [1.165, 1.54) is 18.3 Å². The van der Waals surface area contributed by atoms with Gasteiger partial charge in [-0.15, -0.1) is 0 Å². The van der Waals surface area contributed by atoms with Crippen LogP contribution in [0.5, 0.6) is 0 Å². The number of rotatable bonds is 5. The Morgan fingerprint density at radius 3 is 2.65 bits per heavy atom. The Hall–Kier alpha value is -3.72. The van der Waals surface area contributed by atoms with E-state index in [1.807, 2.05) is 6.07 Å². The molecule has 2 aromatic carbocycles. The summed E-state index contributed by atoms with van der Waals surface area (Å²) in [6, 6.07) is 16.7. The average molecular weight is 346 g/mol. The van der Waals surface area contributed by atoms with Gasteiger partial charge in [-0.1, -0.05) is 18.2 Å². The summed E-state index contributed by atoms with van der Waals surface area (Å²) in [7, 11) is 0. The van der Waals surface area contributed by atoms with Crippen molar-refractivity contribution in [2.45, 2.75) is 6.54 Å². The number of hydrogen-bond acceptors (Lipinski definition) is 4. The van der Waals surface area contributed by atoms with E-state index in [1.54, 1.807) is 42.6 Å². The van der Waals surface area contributed by atoms with Crippen LogP contribution in [0.15, 0.2) is 67.0 Å². The molecule has 0 saturated heterocycles. The Balaban J connectivity index is 1.67. The Morgan fingerprint density at radius 2 is 1.88 bits per heavy atom. The standard InChI is InChI=1S/C20H15FN4O/c21-17-6-4-14(5-7-17)11-24-20(26)16-9-19(13-23-12-16)25-18-3-1-2-15(8-18)10-22/h1-9,12-13,25H,11H2,(H,24,26). The van der Waals surface area contributed by atoms with Crippen LogP contribution < -0.4 is 10.6 Å². The molecule has 2 N–H and O–H groups in total. The van der Waals surface area contributed by atoms with Crippen LogP contribution >= 0.6 is 0 Å². The van der Waals surface area contributed by atoms with E-state index in [4.69, 9.17) is 5.26 Å². The molecule has 0 bridgehead atoms. The second kappa shape index (κ2) is 7.90. The van der Waals surface area contributed by atoms with E-state index < -0.39 is 0 Å². The first-order chi connectivity index (χ1) is 12.6. The van der Waals surface area contributed by atoms with Gasteiger partial charge in [0.05, 0.1) is 29.1 Å². The maximum Gasteiger partial charge on any atom is 0.253 e. The number of nitriles is 1. The van der Waals surface area contributed by atoms with Gasteiger partial charge in [-0.05, 0) is 42.0 Å². The SMILES string of the molecule is N#Cc1cccc(Nc2cncc(C(=O)NCc3ccc(F)cc3)c2)c1. The number of nitrogens with zero attached hydrogens (tertiary/aromatic N) is 2. The number of benzene rings is 2. The van der Waals surface area contributed by atoms with Gasteiger partial charge in [-0.2, -0.15) is 5.26 Å². The summed E-state index contributed by atoms with van der Waals surface area (Å²) < 4.78 is 12.9. The molecule has 3 rings (SSSR count). The maximum absolute atomic E-state index is 12.9. The van der Waals surface area contributed by atoms with Crippen molar-refractivity contribution in [2.24, 2.45) is 0 Å². The van der Waals surface area contributed by atoms with Crippen molar-refractivity contribution in [2.75, 3.05) is 5.32 Å². The quantitative estimate of drug-likeness (QED) is 0.737. The van der Waals surface area contributed by atoms with Crippen molar-refractivity contribution in [1.82, 2.24) is 10.3 Å². The van der Waals surface area contributed by atoms with Crippen molar-refractivity contribution < 1.29 is 9.18 Å². The third-order valence-corrected chi connectivity index (χ3v) is 3.65. The number of aromatic nitrogens is 1. The van der Waals surface area contributed by atoms with E-state index in [-0.39, 0.29) is 11.7 Å². The zero-order valence-electron chi connectivity index (χ0n) is 13.7. The molecule has 0 aliphatic heterocycles. The topological polar surface area (TPSA) is 77.8 Å². The fraction of sp³-hybridized carbons (Fsp3) is 0.0500. The molecular weight excluding hydrogens is 331 g/mol. The minimum absolute atomic E-state index is 0.281. The van der Waals surface area contributed by atoms with Crippen LogP contribution in [0.4, 0.5) is 15.8 Å². The molecule has 5 nitrogen and oxygen atoms in total. The molecule has 26 heavy (non-hydrogen) atoms. The molecule has 0 aliphatic carbocycles. The first-order valence-corrected chi connectivity index (χ1v) is 7.89. The minimum Gasteiger partial charge on any atom is -0.354 e. The van der Waals surface area contributed by atoms with Gasteiger partial charge >= 0.3 is 0 Å². The number of carbonyl (C=O) groups is 1. The first-order valence-electron chi connectivity index (χ1n) is 7.89. The number of nitrogens with one attached hydrogen (secondary N) is 2. The molecule has 0 spiro atoms. The molecule has 0 radical (unpaired) electrons. The predicted molar refractivity (Wildman–Crippen MR) is 96.2 cm³/mol. The summed E-state index contributed by atoms with van der Waals surface area (Å²) >= 11 is 0. The molecule has 1 amide bonds. The lowest BCUT2D eigenvalue weighted by Gasteiger charge is -2.09. The summed E-state index contributed by atoms with van der Waals surface area (Å²) in [4.78, 5) is 16.4. The third kappa shape index (κ3) is 4.42. The molecule has 0 unspecified atom stereocenters. The van der Waals surface area contributed by atoms with Crippen LogP contribution in [0.3, 0.4) is 0 Å². The van der Waals surface area contributed by atoms with E-state index in [0.717, 1.165) is 11.3 Å². The number of amides is 1. The number of pyridine rings is 1. The summed E-state index contributed by atoms with van der Waals surface area (Å²) in [6.07, 6.45) is 3.06. The van der Waals surface area contributed by atoms with Crippen LogP contribution in [-0.2, 0) is 6.54 Å². The molecule has 0 fully saturated rings. The van der Waals surface area contributed by atoms with Gasteiger partial charge in [-0.25, -0.2) is 4.39 Å². The van der Waals surface area contributed by atoms with Gasteiger partial charge in [0, 0.05) is 18.4 Å². The monoisotopic (exact) mass is 346 g/mol. The van der Waals surface area contributed by atoms with Crippen LogP contribution in [0.25, 0.3) is 0 Å². The van der Waals surface area contributed by atoms with Gasteiger partial charge in [0.1, 0.15) is 5.82 Å². The van der Waals surface area contributed by atoms with E-state index in [0.29, 0.717) is 23.4 Å². The van der Waals surface area contributed by atoms with Crippen molar-refractivity contribution in [3.05, 3.63) is 89.5 Å². The Morgan fingerprint density at radius 1 is 1.08 bits per heavy atom. The van der Waals surface area contributed by atoms with Crippen LogP contribution in [0.1, 0.15) is 21.5 Å². The summed E-state index contributed by atoms with van der Waals surface area (Å²) in [5.74, 6) is -0.597. The van der Waals surface area contributed by atoms with E-state index in [9.17, 15) is 9.18 Å². The zero-order chi connectivity index (χ0) is 18.4. The highest BCUT2D eigenvalue weighted by Crippen LogP contribution is 2.18. The first kappa shape index (κ1) is 17.1. The Bertz CT molecular complexity index is 964. The number of halogens is 1. The molecule has 128 valence electrons. The van der Waals surface area contributed by atoms with Gasteiger partial charge in [0.25, 0.3) is 5.91 Å². The zero-order valence-corrected chi connectivity index (χ0v) is 13.7. The third-order valence-electron chi connectivity index (χ3n) is 3.65. The van der Waals surface area contributed by atoms with Crippen molar-refractivity contribution >= 4 is 17.3 Å². The summed E-state index contributed by atoms with van der Waals surface area (Å²) in [5.41, 5.74) is 3.10. The lowest BCUT2D eigenvalue weighted by molar-refractivity contribution is 0.0950. The number of hydrogen-bond donors (Lipinski definition) is 2. The normalized spacial score (nSPS) is 10.0. The fourth-order valence-electron chi connectivity index (χ4n) is 2.35. The highest BCUT2D eigenvalue weighted by atomic mass is 19.1. The lowest BCUT2D eigenvalue weighted by Crippen LogP contribution is -2.23. The van der Waals surface area contributed by atoms with Gasteiger partial charge in [-0.3, -0.25) is 9.78 Å². The van der Waals surface area contributed by atoms with E-state index >= 15 is 0 Å². The summed E-state index contributed by atoms with van der Waals surface area (Å²) in [5, 5.41) is 14.8. The second-order valence-electron chi connectivity index (χ2n) is 5.59. The number of carbonyl (C=O) groups excluding carboxylic acids is 1. The van der Waals surface area contributed by atoms with Gasteiger partial charge in [0.2, 0.25) is 0 Å². The molecular formula is C20H15FN4O. The number of anilines is 2. The van der Waals surface area contributed by atoms with Gasteiger partial charge < -0.3 is 10.6 Å². The lowest BCUT2D eigenvalue weighted by atomic mass is 10.2. The van der Waals surface area contributed by atoms with Crippen molar-refractivity contribution in [1.29, 1.82) is 5.26 Å². The highest BCUT2D eigenvalue weighted by Gasteiger charge is 2.07. The molecule has 3 aromatic rings. The molecule has 6 heteroatoms. The van der Waals surface area contributed by atoms with Crippen molar-refractivity contribution in [3.63, 3.8) is 0 Å². The molecule has 0 aliphatic rings. The Kier molecular flexibility index (Phi) is 5.20. The average Bonchev–Trinajstić information content (AvgIpc) is 2.67. The van der Waals surface area contributed by atoms with E-state index in [2.05, 4.69) is 21.7 Å². The summed E-state index contributed by atoms with van der Waals surface area (Å²) in [6.45, 7) is 0.293. The molecule has 0 saturated carbocycles. The van der Waals surface area contributed by atoms with Crippen LogP contribution in [-0.4, -0.2) is 10.9 Å². The van der Waals surface area contributed by atoms with Gasteiger partial charge in [0.15, 0.2) is 0 Å². The minimum atomic E-state index is -0.316. The Labute approximate surface area is 150 Å². The molecule has 1 heterocycles. The smallest absolute Gasteiger partial charge is 0.253 e. The van der Waals surface area contributed by atoms with Crippen molar-refractivity contribution in [3.8, 4) is 6.07 Å². The predicted octanol–water partition coefficient (Wildman–Crippen LogP) is 3.77. The van der Waals surface area contributed by atoms with Crippen LogP contribution in [0.2, 0.25) is 0 Å². The highest BCUT2D eigenvalue weighted by molar-refractivity contribution is 5.94. The second-order valence-corrected chi connectivity index (χ2v) is 5.59. The maximum atomic E-state index is 12.9. The van der Waals surface area contributed by atoms with Crippen LogP contribution in [0, 0.1) is 17.1 Å². The molecule has 1 aromatic heterocycles.